The molecular weight excluding hydrogens is 631 g/mol. The molecular formula is C37H45N3O5S2. The second kappa shape index (κ2) is 18.1. The Morgan fingerprint density at radius 1 is 0.979 bits per heavy atom. The minimum Gasteiger partial charge on any atom is -0.611 e. The van der Waals surface area contributed by atoms with Gasteiger partial charge in [-0.05, 0) is 128 Å². The van der Waals surface area contributed by atoms with Crippen LogP contribution >= 0.6 is 0 Å². The van der Waals surface area contributed by atoms with E-state index in [1.165, 1.54) is 6.08 Å². The molecule has 1 heterocycles. The third kappa shape index (κ3) is 10.5. The van der Waals surface area contributed by atoms with Gasteiger partial charge in [0.05, 0.1) is 24.3 Å². The Bertz CT molecular complexity index is 1600. The number of hydrogen-bond donors (Lipinski definition) is 1. The molecule has 2 unspecified atom stereocenters. The van der Waals surface area contributed by atoms with E-state index in [4.69, 9.17) is 9.47 Å². The lowest BCUT2D eigenvalue weighted by Crippen LogP contribution is -2.15. The Kier molecular flexibility index (Phi) is 14.0. The normalized spacial score (nSPS) is 12.9. The number of carbonyl (C=O) groups is 1. The van der Waals surface area contributed by atoms with Crippen molar-refractivity contribution < 1.29 is 23.4 Å². The monoisotopic (exact) mass is 675 g/mol. The van der Waals surface area contributed by atoms with Crippen molar-refractivity contribution in [3.8, 4) is 16.9 Å². The van der Waals surface area contributed by atoms with Crippen molar-refractivity contribution in [1.82, 2.24) is 9.55 Å². The van der Waals surface area contributed by atoms with Gasteiger partial charge in [0.2, 0.25) is 5.91 Å². The third-order valence-corrected chi connectivity index (χ3v) is 10.5. The first-order chi connectivity index (χ1) is 22.7. The summed E-state index contributed by atoms with van der Waals surface area (Å²) in [6, 6.07) is 20.6. The Morgan fingerprint density at radius 3 is 2.38 bits per heavy atom. The van der Waals surface area contributed by atoms with E-state index < -0.39 is 22.4 Å². The maximum Gasteiger partial charge on any atom is 0.248 e. The van der Waals surface area contributed by atoms with Crippen LogP contribution < -0.4 is 10.1 Å². The van der Waals surface area contributed by atoms with Gasteiger partial charge < -0.3 is 28.5 Å². The van der Waals surface area contributed by atoms with Gasteiger partial charge in [-0.3, -0.25) is 4.79 Å². The average Bonchev–Trinajstić information content (AvgIpc) is 3.43. The molecule has 10 heteroatoms. The molecule has 0 aliphatic carbocycles. The summed E-state index contributed by atoms with van der Waals surface area (Å²) in [7, 11) is 0. The van der Waals surface area contributed by atoms with Gasteiger partial charge in [-0.2, -0.15) is 0 Å². The van der Waals surface area contributed by atoms with Crippen molar-refractivity contribution in [2.24, 2.45) is 0 Å². The second-order valence-corrected chi connectivity index (χ2v) is 14.8. The quantitative estimate of drug-likeness (QED) is 0.0703. The van der Waals surface area contributed by atoms with Crippen LogP contribution in [0.25, 0.3) is 17.2 Å². The molecule has 1 aromatic heterocycles. The summed E-state index contributed by atoms with van der Waals surface area (Å²) in [6.45, 7) is 12.5. The fourth-order valence-electron chi connectivity index (χ4n) is 4.82. The number of aromatic nitrogens is 2. The van der Waals surface area contributed by atoms with Crippen molar-refractivity contribution >= 4 is 40.0 Å². The summed E-state index contributed by atoms with van der Waals surface area (Å²) >= 11 is -2.49. The molecule has 0 aliphatic rings. The molecule has 47 heavy (non-hydrogen) atoms. The van der Waals surface area contributed by atoms with Gasteiger partial charge in [0.15, 0.2) is 15.5 Å². The first-order valence-electron chi connectivity index (χ1n) is 16.0. The Hall–Kier alpha value is -3.54. The summed E-state index contributed by atoms with van der Waals surface area (Å²) in [4.78, 5) is 18.6. The highest BCUT2D eigenvalue weighted by Crippen LogP contribution is 2.29. The van der Waals surface area contributed by atoms with Crippen LogP contribution in [-0.2, 0) is 44.2 Å². The van der Waals surface area contributed by atoms with E-state index in [2.05, 4.69) is 17.2 Å². The van der Waals surface area contributed by atoms with E-state index in [0.717, 1.165) is 54.3 Å². The Labute approximate surface area is 285 Å². The molecule has 3 aromatic carbocycles. The summed E-state index contributed by atoms with van der Waals surface area (Å²) in [5.41, 5.74) is 5.05. The number of nitrogens with zero attached hydrogens (tertiary/aromatic N) is 2. The molecule has 0 spiro atoms. The fraction of sp³-hybridized carbons (Fsp3) is 0.351. The van der Waals surface area contributed by atoms with Gasteiger partial charge in [0.1, 0.15) is 17.6 Å². The Balaban J connectivity index is 1.42. The predicted octanol–water partition coefficient (Wildman–Crippen LogP) is 7.55. The molecule has 8 nitrogen and oxygen atoms in total. The van der Waals surface area contributed by atoms with E-state index in [0.29, 0.717) is 40.0 Å². The lowest BCUT2D eigenvalue weighted by atomic mass is 10.0. The van der Waals surface area contributed by atoms with Crippen LogP contribution in [0.5, 0.6) is 5.75 Å². The van der Waals surface area contributed by atoms with E-state index in [1.807, 2.05) is 74.7 Å². The molecule has 1 amide bonds. The summed E-state index contributed by atoms with van der Waals surface area (Å²) in [5, 5.41) is 2.78. The number of benzene rings is 3. The predicted molar refractivity (Wildman–Crippen MR) is 192 cm³/mol. The molecule has 4 aromatic rings. The fourth-order valence-corrected chi connectivity index (χ4v) is 7.12. The number of imidazole rings is 1. The molecule has 250 valence electrons. The summed E-state index contributed by atoms with van der Waals surface area (Å²) in [6.07, 6.45) is 7.07. The van der Waals surface area contributed by atoms with E-state index in [1.54, 1.807) is 36.7 Å². The van der Waals surface area contributed by atoms with Crippen LogP contribution in [0, 0.1) is 6.92 Å². The molecule has 4 rings (SSSR count). The maximum absolute atomic E-state index is 13.1. The number of carbonyl (C=O) groups excluding carboxylic acids is 1. The first kappa shape index (κ1) is 36.3. The zero-order valence-electron chi connectivity index (χ0n) is 27.9. The Morgan fingerprint density at radius 2 is 1.70 bits per heavy atom. The molecule has 0 aliphatic heterocycles. The lowest BCUT2D eigenvalue weighted by molar-refractivity contribution is -0.111. The molecule has 2 atom stereocenters. The standard InChI is InChI=1S/C37H45N3O5S2/c1-6-8-21-44-22-23-45-33-15-9-29(10-16-33)30-11-19-36(47(43)27(3)4)31(24-30)12-20-37(41)39-32-13-17-34(18-14-32)46(42)25-35-28(5)38-26-40(35)7-2/h9-20,24,26-27H,6-8,21-23,25H2,1-5H3,(H,39,41)/b20-12+. The molecule has 0 radical (unpaired) electrons. The lowest BCUT2D eigenvalue weighted by Gasteiger charge is -2.17. The molecule has 1 N–H and O–H groups in total. The number of amides is 1. The number of ether oxygens (including phenoxy) is 2. The van der Waals surface area contributed by atoms with Crippen LogP contribution in [0.15, 0.2) is 88.9 Å². The molecule has 0 bridgehead atoms. The minimum absolute atomic E-state index is 0.0836. The second-order valence-electron chi connectivity index (χ2n) is 11.3. The third-order valence-electron chi connectivity index (χ3n) is 7.54. The number of anilines is 1. The number of unbranched alkanes of at least 4 members (excludes halogenated alkanes) is 1. The molecule has 0 saturated carbocycles. The van der Waals surface area contributed by atoms with Gasteiger partial charge in [-0.1, -0.05) is 25.5 Å². The van der Waals surface area contributed by atoms with Gasteiger partial charge in [0.25, 0.3) is 0 Å². The van der Waals surface area contributed by atoms with Crippen LogP contribution in [0.3, 0.4) is 0 Å². The highest BCUT2D eigenvalue weighted by Gasteiger charge is 2.20. The van der Waals surface area contributed by atoms with Gasteiger partial charge >= 0.3 is 0 Å². The van der Waals surface area contributed by atoms with Gasteiger partial charge in [-0.25, -0.2) is 4.98 Å². The highest BCUT2D eigenvalue weighted by molar-refractivity contribution is 7.92. The summed E-state index contributed by atoms with van der Waals surface area (Å²) in [5.74, 6) is 0.813. The molecule has 0 saturated heterocycles. The smallest absolute Gasteiger partial charge is 0.248 e. The zero-order chi connectivity index (χ0) is 33.8. The maximum atomic E-state index is 13.1. The van der Waals surface area contributed by atoms with Crippen LogP contribution in [-0.4, -0.2) is 49.6 Å². The van der Waals surface area contributed by atoms with E-state index in [9.17, 15) is 13.9 Å². The first-order valence-corrected chi connectivity index (χ1v) is 18.6. The topological polar surface area (TPSA) is 112 Å². The number of nitrogens with one attached hydrogen (secondary N) is 1. The van der Waals surface area contributed by atoms with Crippen molar-refractivity contribution in [3.05, 3.63) is 96.1 Å². The van der Waals surface area contributed by atoms with Crippen LogP contribution in [0.4, 0.5) is 5.69 Å². The SMILES string of the molecule is CCCCOCCOc1ccc(-c2ccc([S+]([O-])C(C)C)c(/C=C/C(=O)Nc3ccc([S+]([O-])Cc4c(C)ncn4CC)cc3)c2)cc1. The number of rotatable bonds is 17. The minimum atomic E-state index is -1.25. The zero-order valence-corrected chi connectivity index (χ0v) is 29.5. The largest absolute Gasteiger partial charge is 0.611 e. The van der Waals surface area contributed by atoms with Crippen LogP contribution in [0.1, 0.15) is 57.5 Å². The van der Waals surface area contributed by atoms with E-state index in [-0.39, 0.29) is 11.2 Å². The average molecular weight is 676 g/mol. The van der Waals surface area contributed by atoms with Crippen molar-refractivity contribution in [2.45, 2.75) is 74.8 Å². The van der Waals surface area contributed by atoms with E-state index >= 15 is 0 Å². The number of hydrogen-bond acceptors (Lipinski definition) is 6. The van der Waals surface area contributed by atoms with Crippen molar-refractivity contribution in [1.29, 1.82) is 0 Å². The highest BCUT2D eigenvalue weighted by atomic mass is 32.2. The van der Waals surface area contributed by atoms with Crippen LogP contribution in [0.2, 0.25) is 0 Å². The summed E-state index contributed by atoms with van der Waals surface area (Å²) < 4.78 is 39.5. The van der Waals surface area contributed by atoms with Crippen molar-refractivity contribution in [2.75, 3.05) is 25.1 Å². The van der Waals surface area contributed by atoms with Gasteiger partial charge in [-0.15, -0.1) is 0 Å². The molecule has 0 fully saturated rings. The van der Waals surface area contributed by atoms with Crippen molar-refractivity contribution in [3.63, 3.8) is 0 Å². The number of aryl methyl sites for hydroxylation is 2. The van der Waals surface area contributed by atoms with Gasteiger partial charge in [0, 0.05) is 30.5 Å².